The number of piperidine rings is 1. The normalized spacial score (nSPS) is 47.2. The fourth-order valence-corrected chi connectivity index (χ4v) is 11.0. The molecule has 1 N–H and O–H groups in total. The third kappa shape index (κ3) is 4.86. The molecule has 10 atom stereocenters. The van der Waals surface area contributed by atoms with Gasteiger partial charge >= 0.3 is 11.9 Å². The van der Waals surface area contributed by atoms with Gasteiger partial charge in [-0.2, -0.15) is 0 Å². The molecule has 0 aromatic heterocycles. The number of carbonyl (C=O) groups excluding carboxylic acids is 2. The van der Waals surface area contributed by atoms with Crippen molar-refractivity contribution >= 4 is 11.9 Å². The Balaban J connectivity index is 1.27. The lowest BCUT2D eigenvalue weighted by atomic mass is 9.44. The summed E-state index contributed by atoms with van der Waals surface area (Å²) in [6.07, 6.45) is 11.9. The zero-order valence-electron chi connectivity index (χ0n) is 24.8. The number of esters is 2. The highest BCUT2D eigenvalue weighted by Gasteiger charge is 2.65. The lowest BCUT2D eigenvalue weighted by molar-refractivity contribution is -0.180. The lowest BCUT2D eigenvalue weighted by Crippen LogP contribution is -2.61. The molecule has 0 spiro atoms. The standard InChI is InChI=1S/C32H52N2O5/c1-20(35)38-29-17-22-7-8-24-25(32(22,4)19-28(29)34-15-10-23(37)11-16-34)9-12-31(3)26(24)18-27(30(31)39-21(2)36)33-13-5-6-14-33/h22-30,37H,5-19H2,1-4H3/t22-,24+,25-,26-,27-,28-,29-,30-,31-,32-/m0/s1. The van der Waals surface area contributed by atoms with Gasteiger partial charge in [0.15, 0.2) is 0 Å². The number of nitrogens with zero attached hydrogens (tertiary/aromatic N) is 2. The minimum absolute atomic E-state index is 0.0109. The summed E-state index contributed by atoms with van der Waals surface area (Å²) in [4.78, 5) is 29.6. The van der Waals surface area contributed by atoms with Crippen LogP contribution in [0.25, 0.3) is 0 Å². The molecule has 0 radical (unpaired) electrons. The van der Waals surface area contributed by atoms with Gasteiger partial charge in [0, 0.05) is 44.4 Å². The van der Waals surface area contributed by atoms with Crippen molar-refractivity contribution < 1.29 is 24.2 Å². The molecule has 2 heterocycles. The summed E-state index contributed by atoms with van der Waals surface area (Å²) < 4.78 is 12.2. The molecule has 2 saturated heterocycles. The van der Waals surface area contributed by atoms with E-state index in [-0.39, 0.29) is 47.1 Å². The number of carbonyl (C=O) groups is 2. The number of fused-ring (bicyclic) bond motifs is 5. The van der Waals surface area contributed by atoms with Gasteiger partial charge in [-0.15, -0.1) is 0 Å². The molecule has 4 saturated carbocycles. The van der Waals surface area contributed by atoms with E-state index < -0.39 is 0 Å². The highest BCUT2D eigenvalue weighted by molar-refractivity contribution is 5.66. The van der Waals surface area contributed by atoms with Crippen LogP contribution in [0.15, 0.2) is 0 Å². The maximum Gasteiger partial charge on any atom is 0.302 e. The van der Waals surface area contributed by atoms with Crippen LogP contribution >= 0.6 is 0 Å². The Kier molecular flexibility index (Phi) is 7.59. The van der Waals surface area contributed by atoms with Gasteiger partial charge in [-0.25, -0.2) is 0 Å². The molecule has 6 rings (SSSR count). The number of likely N-dealkylation sites (tertiary alicyclic amines) is 2. The van der Waals surface area contributed by atoms with Crippen molar-refractivity contribution in [2.24, 2.45) is 34.5 Å². The fraction of sp³-hybridized carbons (Fsp3) is 0.938. The second kappa shape index (κ2) is 10.6. The van der Waals surface area contributed by atoms with Crippen LogP contribution < -0.4 is 0 Å². The summed E-state index contributed by atoms with van der Waals surface area (Å²) in [5.74, 6) is 2.23. The second-order valence-corrected chi connectivity index (χ2v) is 14.7. The number of rotatable bonds is 4. The quantitative estimate of drug-likeness (QED) is 0.526. The fourth-order valence-electron chi connectivity index (χ4n) is 11.0. The molecule has 4 aliphatic carbocycles. The molecule has 0 aromatic carbocycles. The van der Waals surface area contributed by atoms with Crippen LogP contribution in [-0.4, -0.2) is 83.4 Å². The van der Waals surface area contributed by atoms with Gasteiger partial charge in [-0.1, -0.05) is 13.8 Å². The third-order valence-corrected chi connectivity index (χ3v) is 12.8. The van der Waals surface area contributed by atoms with E-state index in [2.05, 4.69) is 23.6 Å². The van der Waals surface area contributed by atoms with E-state index in [1.54, 1.807) is 13.8 Å². The zero-order chi connectivity index (χ0) is 27.5. The van der Waals surface area contributed by atoms with Crippen molar-refractivity contribution in [3.63, 3.8) is 0 Å². The first kappa shape index (κ1) is 28.0. The Morgan fingerprint density at radius 2 is 1.44 bits per heavy atom. The first-order valence-electron chi connectivity index (χ1n) is 16.1. The molecule has 2 aliphatic heterocycles. The smallest absolute Gasteiger partial charge is 0.302 e. The van der Waals surface area contributed by atoms with E-state index in [1.807, 2.05) is 0 Å². The molecule has 39 heavy (non-hydrogen) atoms. The number of hydrogen-bond donors (Lipinski definition) is 1. The third-order valence-electron chi connectivity index (χ3n) is 12.8. The van der Waals surface area contributed by atoms with Crippen molar-refractivity contribution in [3.8, 4) is 0 Å². The van der Waals surface area contributed by atoms with Crippen molar-refractivity contribution in [3.05, 3.63) is 0 Å². The number of ether oxygens (including phenoxy) is 2. The highest BCUT2D eigenvalue weighted by Crippen LogP contribution is 2.67. The largest absolute Gasteiger partial charge is 0.461 e. The van der Waals surface area contributed by atoms with Crippen molar-refractivity contribution in [1.82, 2.24) is 9.80 Å². The maximum absolute atomic E-state index is 12.3. The molecule has 6 aliphatic rings. The molecular weight excluding hydrogens is 492 g/mol. The SMILES string of the molecule is CC(=O)O[C@H]1C[C@@H]2CC[C@@H]3[C@H](CC[C@@]4(C)[C@H]3C[C@H](N3CCCC3)[C@@H]4OC(C)=O)[C@@]2(C)C[C@@H]1N1CCC(O)CC1. The van der Waals surface area contributed by atoms with Crippen molar-refractivity contribution in [2.75, 3.05) is 26.2 Å². The van der Waals surface area contributed by atoms with Crippen LogP contribution in [0, 0.1) is 34.5 Å². The number of aliphatic hydroxyl groups is 1. The second-order valence-electron chi connectivity index (χ2n) is 14.7. The Hall–Kier alpha value is -1.18. The van der Waals surface area contributed by atoms with Gasteiger partial charge < -0.3 is 14.6 Å². The lowest BCUT2D eigenvalue weighted by Gasteiger charge is -2.62. The zero-order valence-corrected chi connectivity index (χ0v) is 24.8. The predicted octanol–water partition coefficient (Wildman–Crippen LogP) is 4.40. The molecule has 220 valence electrons. The average Bonchev–Trinajstić information content (AvgIpc) is 3.51. The Labute approximate surface area is 235 Å². The molecule has 6 fully saturated rings. The summed E-state index contributed by atoms with van der Waals surface area (Å²) >= 11 is 0. The topological polar surface area (TPSA) is 79.3 Å². The highest BCUT2D eigenvalue weighted by atomic mass is 16.5. The molecule has 0 unspecified atom stereocenters. The minimum Gasteiger partial charge on any atom is -0.461 e. The van der Waals surface area contributed by atoms with Gasteiger partial charge in [-0.05, 0) is 113 Å². The molecule has 0 amide bonds. The van der Waals surface area contributed by atoms with Crippen LogP contribution in [0.3, 0.4) is 0 Å². The van der Waals surface area contributed by atoms with E-state index in [1.165, 1.54) is 38.5 Å². The molecular formula is C32H52N2O5. The predicted molar refractivity (Wildman–Crippen MR) is 149 cm³/mol. The first-order valence-corrected chi connectivity index (χ1v) is 16.1. The number of hydrogen-bond acceptors (Lipinski definition) is 7. The van der Waals surface area contributed by atoms with Crippen molar-refractivity contribution in [2.45, 2.75) is 129 Å². The Morgan fingerprint density at radius 1 is 0.769 bits per heavy atom. The van der Waals surface area contributed by atoms with Gasteiger partial charge in [-0.3, -0.25) is 19.4 Å². The van der Waals surface area contributed by atoms with Crippen LogP contribution in [0.4, 0.5) is 0 Å². The van der Waals surface area contributed by atoms with E-state index in [9.17, 15) is 14.7 Å². The summed E-state index contributed by atoms with van der Waals surface area (Å²) in [7, 11) is 0. The molecule has 0 bridgehead atoms. The van der Waals surface area contributed by atoms with E-state index in [4.69, 9.17) is 9.47 Å². The van der Waals surface area contributed by atoms with Gasteiger partial charge in [0.1, 0.15) is 12.2 Å². The van der Waals surface area contributed by atoms with Gasteiger partial charge in [0.2, 0.25) is 0 Å². The van der Waals surface area contributed by atoms with E-state index in [0.29, 0.717) is 29.7 Å². The number of aliphatic hydroxyl groups excluding tert-OH is 1. The summed E-state index contributed by atoms with van der Waals surface area (Å²) in [6, 6.07) is 0.604. The Morgan fingerprint density at radius 3 is 2.10 bits per heavy atom. The summed E-state index contributed by atoms with van der Waals surface area (Å²) in [5, 5.41) is 10.2. The minimum atomic E-state index is -0.202. The average molecular weight is 545 g/mol. The maximum atomic E-state index is 12.3. The Bertz CT molecular complexity index is 930. The van der Waals surface area contributed by atoms with Gasteiger partial charge in [0.05, 0.1) is 6.10 Å². The molecule has 7 heteroatoms. The summed E-state index contributed by atoms with van der Waals surface area (Å²) in [6.45, 7) is 12.2. The monoisotopic (exact) mass is 544 g/mol. The van der Waals surface area contributed by atoms with Crippen LogP contribution in [0.2, 0.25) is 0 Å². The van der Waals surface area contributed by atoms with Crippen LogP contribution in [-0.2, 0) is 19.1 Å². The van der Waals surface area contributed by atoms with Crippen LogP contribution in [0.1, 0.15) is 98.3 Å². The molecule has 7 nitrogen and oxygen atoms in total. The van der Waals surface area contributed by atoms with Gasteiger partial charge in [0.25, 0.3) is 0 Å². The summed E-state index contributed by atoms with van der Waals surface area (Å²) in [5.41, 5.74) is 0.283. The molecule has 0 aromatic rings. The van der Waals surface area contributed by atoms with Crippen LogP contribution in [0.5, 0.6) is 0 Å². The van der Waals surface area contributed by atoms with E-state index in [0.717, 1.165) is 58.3 Å². The first-order chi connectivity index (χ1) is 18.6. The van der Waals surface area contributed by atoms with Crippen molar-refractivity contribution in [1.29, 1.82) is 0 Å². The van der Waals surface area contributed by atoms with E-state index >= 15 is 0 Å².